The number of hydrogen-bond acceptors (Lipinski definition) is 4. The molecule has 6 heteroatoms. The van der Waals surface area contributed by atoms with E-state index in [0.717, 1.165) is 15.9 Å². The van der Waals surface area contributed by atoms with Crippen LogP contribution in [0.3, 0.4) is 0 Å². The van der Waals surface area contributed by atoms with E-state index in [0.29, 0.717) is 13.2 Å². The first-order valence-electron chi connectivity index (χ1n) is 5.52. The Morgan fingerprint density at radius 2 is 2.59 bits per heavy atom. The number of amides is 1. The van der Waals surface area contributed by atoms with Gasteiger partial charge >= 0.3 is 0 Å². The van der Waals surface area contributed by atoms with Crippen molar-refractivity contribution < 1.29 is 9.53 Å². The van der Waals surface area contributed by atoms with Crippen molar-refractivity contribution in [3.05, 3.63) is 20.8 Å². The maximum absolute atomic E-state index is 11.9. The molecule has 0 radical (unpaired) electrons. The van der Waals surface area contributed by atoms with E-state index < -0.39 is 0 Å². The van der Waals surface area contributed by atoms with Crippen molar-refractivity contribution in [3.8, 4) is 0 Å². The molecule has 17 heavy (non-hydrogen) atoms. The lowest BCUT2D eigenvalue weighted by molar-refractivity contribution is -0.129. The number of halogens is 1. The summed E-state index contributed by atoms with van der Waals surface area (Å²) in [5.41, 5.74) is 1.11. The fourth-order valence-electron chi connectivity index (χ4n) is 1.76. The predicted octanol–water partition coefficient (Wildman–Crippen LogP) is 1.50. The van der Waals surface area contributed by atoms with Crippen LogP contribution in [0.4, 0.5) is 0 Å². The van der Waals surface area contributed by atoms with Crippen molar-refractivity contribution in [1.29, 1.82) is 0 Å². The lowest BCUT2D eigenvalue weighted by atomic mass is 10.1. The van der Waals surface area contributed by atoms with Gasteiger partial charge in [-0.25, -0.2) is 0 Å². The van der Waals surface area contributed by atoms with Crippen molar-refractivity contribution in [3.63, 3.8) is 0 Å². The van der Waals surface area contributed by atoms with E-state index in [-0.39, 0.29) is 18.1 Å². The molecule has 94 valence electrons. The van der Waals surface area contributed by atoms with E-state index in [1.807, 2.05) is 18.4 Å². The first kappa shape index (κ1) is 13.0. The predicted molar refractivity (Wildman–Crippen MR) is 71.1 cm³/mol. The quantitative estimate of drug-likeness (QED) is 0.888. The maximum atomic E-state index is 11.9. The minimum atomic E-state index is -0.245. The van der Waals surface area contributed by atoms with Crippen molar-refractivity contribution in [1.82, 2.24) is 10.6 Å². The molecule has 0 aliphatic carbocycles. The fourth-order valence-corrected chi connectivity index (χ4v) is 2.97. The molecule has 0 aromatic carbocycles. The van der Waals surface area contributed by atoms with E-state index in [1.54, 1.807) is 11.3 Å². The van der Waals surface area contributed by atoms with Gasteiger partial charge in [0.2, 0.25) is 5.91 Å². The molecule has 2 rings (SSSR count). The highest BCUT2D eigenvalue weighted by molar-refractivity contribution is 9.11. The van der Waals surface area contributed by atoms with Gasteiger partial charge in [0.15, 0.2) is 0 Å². The molecule has 2 atom stereocenters. The molecule has 1 saturated heterocycles. The topological polar surface area (TPSA) is 50.4 Å². The van der Waals surface area contributed by atoms with Crippen LogP contribution >= 0.6 is 27.3 Å². The first-order chi connectivity index (χ1) is 8.16. The fraction of sp³-hybridized carbons (Fsp3) is 0.545. The zero-order valence-electron chi connectivity index (χ0n) is 9.53. The molecule has 1 fully saturated rings. The van der Waals surface area contributed by atoms with E-state index in [9.17, 15) is 4.79 Å². The lowest BCUT2D eigenvalue weighted by Crippen LogP contribution is -2.55. The number of thiophene rings is 1. The van der Waals surface area contributed by atoms with Gasteiger partial charge in [-0.1, -0.05) is 0 Å². The zero-order valence-corrected chi connectivity index (χ0v) is 11.9. The number of carbonyl (C=O) groups is 1. The average molecular weight is 319 g/mol. The highest BCUT2D eigenvalue weighted by Gasteiger charge is 2.27. The summed E-state index contributed by atoms with van der Waals surface area (Å²) in [5.74, 6) is -0.000442. The highest BCUT2D eigenvalue weighted by Crippen LogP contribution is 2.20. The molecule has 0 bridgehead atoms. The molecule has 1 aliphatic heterocycles. The number of rotatable bonds is 3. The van der Waals surface area contributed by atoms with E-state index >= 15 is 0 Å². The summed E-state index contributed by atoms with van der Waals surface area (Å²) in [5, 5.41) is 8.11. The molecule has 1 aromatic heterocycles. The molecule has 2 N–H and O–H groups in total. The van der Waals surface area contributed by atoms with E-state index in [1.165, 1.54) is 0 Å². The van der Waals surface area contributed by atoms with Gasteiger partial charge in [0.05, 0.1) is 16.5 Å². The number of nitrogens with one attached hydrogen (secondary N) is 2. The SMILES string of the molecule is C[C@H]1OCCN[C@@H]1C(=O)NCc1csc(Br)c1. The summed E-state index contributed by atoms with van der Waals surface area (Å²) in [6.45, 7) is 3.87. The van der Waals surface area contributed by atoms with Gasteiger partial charge in [-0.2, -0.15) is 0 Å². The van der Waals surface area contributed by atoms with Gasteiger partial charge < -0.3 is 15.4 Å². The Bertz CT molecular complexity index is 397. The molecule has 4 nitrogen and oxygen atoms in total. The molecule has 1 aliphatic rings. The molecule has 0 spiro atoms. The molecule has 1 amide bonds. The highest BCUT2D eigenvalue weighted by atomic mass is 79.9. The Morgan fingerprint density at radius 1 is 1.76 bits per heavy atom. The van der Waals surface area contributed by atoms with Crippen molar-refractivity contribution in [2.45, 2.75) is 25.6 Å². The van der Waals surface area contributed by atoms with Crippen LogP contribution in [0.15, 0.2) is 15.2 Å². The van der Waals surface area contributed by atoms with Gasteiger partial charge in [0.1, 0.15) is 6.04 Å². The average Bonchev–Trinajstić information content (AvgIpc) is 2.73. The van der Waals surface area contributed by atoms with Crippen LogP contribution in [0.25, 0.3) is 0 Å². The largest absolute Gasteiger partial charge is 0.375 e. The van der Waals surface area contributed by atoms with Crippen molar-refractivity contribution in [2.75, 3.05) is 13.2 Å². The summed E-state index contributed by atoms with van der Waals surface area (Å²) >= 11 is 5.02. The van der Waals surface area contributed by atoms with Crippen LogP contribution in [-0.2, 0) is 16.1 Å². The Kier molecular flexibility index (Phi) is 4.55. The minimum absolute atomic E-state index is 0.000442. The van der Waals surface area contributed by atoms with Gasteiger partial charge in [-0.15, -0.1) is 11.3 Å². The van der Waals surface area contributed by atoms with Crippen LogP contribution < -0.4 is 10.6 Å². The Hall–Kier alpha value is -0.430. The molecule has 0 saturated carbocycles. The molecular formula is C11H15BrN2O2S. The summed E-state index contributed by atoms with van der Waals surface area (Å²) in [6, 6.07) is 1.77. The third kappa shape index (κ3) is 3.51. The second-order valence-electron chi connectivity index (χ2n) is 3.98. The number of carbonyl (C=O) groups excluding carboxylic acids is 1. The molecule has 2 heterocycles. The number of ether oxygens (including phenoxy) is 1. The smallest absolute Gasteiger partial charge is 0.240 e. The third-order valence-electron chi connectivity index (χ3n) is 2.69. The van der Waals surface area contributed by atoms with Gasteiger partial charge in [-0.05, 0) is 39.9 Å². The minimum Gasteiger partial charge on any atom is -0.375 e. The summed E-state index contributed by atoms with van der Waals surface area (Å²) in [7, 11) is 0. The first-order valence-corrected chi connectivity index (χ1v) is 7.19. The van der Waals surface area contributed by atoms with E-state index in [2.05, 4.69) is 26.6 Å². The van der Waals surface area contributed by atoms with Crippen LogP contribution in [-0.4, -0.2) is 31.2 Å². The van der Waals surface area contributed by atoms with Gasteiger partial charge in [-0.3, -0.25) is 4.79 Å². The third-order valence-corrected chi connectivity index (χ3v) is 4.24. The molecule has 1 aromatic rings. The van der Waals surface area contributed by atoms with Crippen LogP contribution in [0.2, 0.25) is 0 Å². The Morgan fingerprint density at radius 3 is 3.24 bits per heavy atom. The second kappa shape index (κ2) is 5.95. The summed E-state index contributed by atoms with van der Waals surface area (Å²) in [4.78, 5) is 11.9. The monoisotopic (exact) mass is 318 g/mol. The van der Waals surface area contributed by atoms with Crippen molar-refractivity contribution in [2.24, 2.45) is 0 Å². The van der Waals surface area contributed by atoms with Crippen LogP contribution in [0.1, 0.15) is 12.5 Å². The van der Waals surface area contributed by atoms with Gasteiger partial charge in [0.25, 0.3) is 0 Å². The van der Waals surface area contributed by atoms with E-state index in [4.69, 9.17) is 4.74 Å². The van der Waals surface area contributed by atoms with Crippen molar-refractivity contribution >= 4 is 33.2 Å². The Labute approximate surface area is 113 Å². The van der Waals surface area contributed by atoms with Crippen LogP contribution in [0, 0.1) is 0 Å². The summed E-state index contributed by atoms with van der Waals surface area (Å²) in [6.07, 6.45) is -0.0713. The van der Waals surface area contributed by atoms with Gasteiger partial charge in [0, 0.05) is 13.1 Å². The normalized spacial score (nSPS) is 24.6. The second-order valence-corrected chi connectivity index (χ2v) is 6.28. The maximum Gasteiger partial charge on any atom is 0.240 e. The molecule has 0 unspecified atom stereocenters. The molecular weight excluding hydrogens is 304 g/mol. The zero-order chi connectivity index (χ0) is 12.3. The number of morpholine rings is 1. The lowest BCUT2D eigenvalue weighted by Gasteiger charge is -2.29. The Balaban J connectivity index is 1.84. The van der Waals surface area contributed by atoms with Crippen LogP contribution in [0.5, 0.6) is 0 Å². The standard InChI is InChI=1S/C11H15BrN2O2S/c1-7-10(13-2-3-16-7)11(15)14-5-8-4-9(12)17-6-8/h4,6-7,10,13H,2-3,5H2,1H3,(H,14,15)/t7-,10+/m1/s1. The number of hydrogen-bond donors (Lipinski definition) is 2. The summed E-state index contributed by atoms with van der Waals surface area (Å²) < 4.78 is 6.52.